The highest BCUT2D eigenvalue weighted by Gasteiger charge is 2.27. The predicted molar refractivity (Wildman–Crippen MR) is 238 cm³/mol. The van der Waals surface area contributed by atoms with Crippen LogP contribution in [0.25, 0.3) is 0 Å². The van der Waals surface area contributed by atoms with Gasteiger partial charge >= 0.3 is 19.8 Å². The van der Waals surface area contributed by atoms with E-state index in [1.54, 1.807) is 0 Å². The maximum atomic E-state index is 12.7. The van der Waals surface area contributed by atoms with Crippen LogP contribution >= 0.6 is 7.82 Å². The van der Waals surface area contributed by atoms with Gasteiger partial charge in [0.25, 0.3) is 0 Å². The lowest BCUT2D eigenvalue weighted by Gasteiger charge is -2.24. The van der Waals surface area contributed by atoms with Crippen molar-refractivity contribution in [3.05, 3.63) is 36.5 Å². The maximum Gasteiger partial charge on any atom is 0.472 e. The molecule has 9 nitrogen and oxygen atoms in total. The summed E-state index contributed by atoms with van der Waals surface area (Å²) >= 11 is 0. The van der Waals surface area contributed by atoms with Crippen molar-refractivity contribution in [2.45, 2.75) is 206 Å². The first kappa shape index (κ1) is 55.2. The van der Waals surface area contributed by atoms with Gasteiger partial charge in [0.1, 0.15) is 19.8 Å². The molecule has 0 saturated heterocycles. The Morgan fingerprint density at radius 1 is 0.544 bits per heavy atom. The smallest absolute Gasteiger partial charge is 0.462 e. The van der Waals surface area contributed by atoms with Gasteiger partial charge in [0.2, 0.25) is 0 Å². The number of hydrogen-bond acceptors (Lipinski definition) is 7. The van der Waals surface area contributed by atoms with E-state index in [4.69, 9.17) is 18.5 Å². The minimum absolute atomic E-state index is 0.0278. The zero-order chi connectivity index (χ0) is 42.1. The molecule has 0 bridgehead atoms. The predicted octanol–water partition coefficient (Wildman–Crippen LogP) is 13.3. The number of carbonyl (C=O) groups is 2. The molecule has 0 radical (unpaired) electrons. The maximum absolute atomic E-state index is 12.7. The van der Waals surface area contributed by atoms with Gasteiger partial charge < -0.3 is 18.9 Å². The van der Waals surface area contributed by atoms with Crippen molar-refractivity contribution < 1.29 is 42.1 Å². The zero-order valence-corrected chi connectivity index (χ0v) is 38.5. The highest BCUT2D eigenvalue weighted by Crippen LogP contribution is 2.43. The molecule has 0 aliphatic rings. The fourth-order valence-corrected chi connectivity index (χ4v) is 7.00. The van der Waals surface area contributed by atoms with Crippen LogP contribution in [0.4, 0.5) is 0 Å². The average Bonchev–Trinajstić information content (AvgIpc) is 3.16. The number of nitrogens with zero attached hydrogens (tertiary/aromatic N) is 1. The molecule has 0 rings (SSSR count). The summed E-state index contributed by atoms with van der Waals surface area (Å²) < 4.78 is 34.3. The number of quaternary nitrogens is 1. The molecule has 0 aromatic carbocycles. The molecule has 57 heavy (non-hydrogen) atoms. The van der Waals surface area contributed by atoms with Gasteiger partial charge in [-0.15, -0.1) is 0 Å². The highest BCUT2D eigenvalue weighted by atomic mass is 31.2. The Bertz CT molecular complexity index is 1070. The molecule has 0 aliphatic heterocycles. The summed E-state index contributed by atoms with van der Waals surface area (Å²) in [5.41, 5.74) is 0. The lowest BCUT2D eigenvalue weighted by atomic mass is 10.0. The number of esters is 2. The Hall–Kier alpha value is -1.77. The Morgan fingerprint density at radius 3 is 1.44 bits per heavy atom. The lowest BCUT2D eigenvalue weighted by Crippen LogP contribution is -2.37. The minimum atomic E-state index is -4.38. The number of hydrogen-bond donors (Lipinski definition) is 1. The van der Waals surface area contributed by atoms with Crippen LogP contribution in [0.1, 0.15) is 200 Å². The third-order valence-corrected chi connectivity index (χ3v) is 10.9. The van der Waals surface area contributed by atoms with Crippen molar-refractivity contribution in [1.82, 2.24) is 0 Å². The largest absolute Gasteiger partial charge is 0.472 e. The number of unbranched alkanes of at least 4 members (excludes halogenated alkanes) is 22. The molecule has 0 aromatic rings. The summed E-state index contributed by atoms with van der Waals surface area (Å²) in [6.45, 7) is 4.38. The lowest BCUT2D eigenvalue weighted by molar-refractivity contribution is -0.870. The Kier molecular flexibility index (Phi) is 38.4. The number of rotatable bonds is 42. The van der Waals surface area contributed by atoms with E-state index >= 15 is 0 Å². The standard InChI is InChI=1S/C47H88NO8P/c1-6-8-10-12-14-16-18-20-22-24-26-28-30-32-34-36-38-40-47(50)56-45(44-55-57(51,52)54-42-41-48(3,4)5)43-53-46(49)39-37-35-33-31-29-27-25-23-21-19-17-15-13-11-9-7-2/h14,16,20,22,26,28,45H,6-13,15,17-19,21,23-25,27,29-44H2,1-5H3/p+1/b16-14+,22-20+,28-26+/t45-/m1/s1. The second-order valence-electron chi connectivity index (χ2n) is 16.8. The quantitative estimate of drug-likeness (QED) is 0.0213. The van der Waals surface area contributed by atoms with Crippen LogP contribution in [0.3, 0.4) is 0 Å². The van der Waals surface area contributed by atoms with Gasteiger partial charge in [-0.05, 0) is 51.4 Å². The van der Waals surface area contributed by atoms with Gasteiger partial charge in [0.05, 0.1) is 27.7 Å². The van der Waals surface area contributed by atoms with Gasteiger partial charge in [-0.1, -0.05) is 172 Å². The number of likely N-dealkylation sites (N-methyl/N-ethyl adjacent to an activating group) is 1. The van der Waals surface area contributed by atoms with E-state index in [0.29, 0.717) is 17.4 Å². The third kappa shape index (κ3) is 43.6. The van der Waals surface area contributed by atoms with Gasteiger partial charge in [0.15, 0.2) is 6.10 Å². The van der Waals surface area contributed by atoms with E-state index in [0.717, 1.165) is 57.8 Å². The SMILES string of the molecule is CCCCC/C=C/C/C=C/C/C=C/CCCCCCC(=O)O[C@H](COC(=O)CCCCCCCCCCCCCCCCCC)COP(=O)(O)OCC[N+](C)(C)C. The molecular weight excluding hydrogens is 737 g/mol. The summed E-state index contributed by atoms with van der Waals surface area (Å²) in [5, 5.41) is 0. The molecule has 0 amide bonds. The molecule has 0 spiro atoms. The third-order valence-electron chi connectivity index (χ3n) is 9.92. The summed E-state index contributed by atoms with van der Waals surface area (Å²) in [4.78, 5) is 35.4. The van der Waals surface area contributed by atoms with Crippen LogP contribution in [0.15, 0.2) is 36.5 Å². The van der Waals surface area contributed by atoms with Crippen molar-refractivity contribution in [3.63, 3.8) is 0 Å². The Labute approximate surface area is 351 Å². The van der Waals surface area contributed by atoms with Crippen molar-refractivity contribution in [1.29, 1.82) is 0 Å². The molecule has 10 heteroatoms. The molecule has 0 aliphatic carbocycles. The van der Waals surface area contributed by atoms with Crippen molar-refractivity contribution in [3.8, 4) is 0 Å². The molecule has 1 N–H and O–H groups in total. The summed E-state index contributed by atoms with van der Waals surface area (Å²) in [6, 6.07) is 0. The summed E-state index contributed by atoms with van der Waals surface area (Å²) in [6.07, 6.45) is 44.7. The van der Waals surface area contributed by atoms with Crippen LogP contribution in [0.2, 0.25) is 0 Å². The van der Waals surface area contributed by atoms with E-state index in [-0.39, 0.29) is 32.0 Å². The van der Waals surface area contributed by atoms with Crippen molar-refractivity contribution in [2.24, 2.45) is 0 Å². The number of carbonyl (C=O) groups excluding carboxylic acids is 2. The van der Waals surface area contributed by atoms with E-state index in [2.05, 4.69) is 50.3 Å². The van der Waals surface area contributed by atoms with Crippen LogP contribution in [0.5, 0.6) is 0 Å². The topological polar surface area (TPSA) is 108 Å². The van der Waals surface area contributed by atoms with Crippen LogP contribution < -0.4 is 0 Å². The summed E-state index contributed by atoms with van der Waals surface area (Å²) in [5.74, 6) is -0.818. The monoisotopic (exact) mass is 827 g/mol. The van der Waals surface area contributed by atoms with Crippen LogP contribution in [0, 0.1) is 0 Å². The first-order valence-electron chi connectivity index (χ1n) is 23.2. The van der Waals surface area contributed by atoms with E-state index in [1.807, 2.05) is 21.1 Å². The Balaban J connectivity index is 4.36. The van der Waals surface area contributed by atoms with E-state index in [1.165, 1.54) is 109 Å². The van der Waals surface area contributed by atoms with Crippen LogP contribution in [-0.2, 0) is 32.7 Å². The zero-order valence-electron chi connectivity index (χ0n) is 37.6. The fraction of sp³-hybridized carbons (Fsp3) is 0.830. The van der Waals surface area contributed by atoms with Crippen molar-refractivity contribution in [2.75, 3.05) is 47.5 Å². The molecule has 2 atom stereocenters. The van der Waals surface area contributed by atoms with Gasteiger partial charge in [-0.2, -0.15) is 0 Å². The van der Waals surface area contributed by atoms with Gasteiger partial charge in [-0.3, -0.25) is 18.6 Å². The first-order chi connectivity index (χ1) is 27.5. The van der Waals surface area contributed by atoms with Gasteiger partial charge in [-0.25, -0.2) is 4.57 Å². The van der Waals surface area contributed by atoms with Gasteiger partial charge in [0, 0.05) is 12.8 Å². The molecule has 1 unspecified atom stereocenters. The average molecular weight is 827 g/mol. The number of ether oxygens (including phenoxy) is 2. The second kappa shape index (κ2) is 39.7. The van der Waals surface area contributed by atoms with E-state index < -0.39 is 26.5 Å². The van der Waals surface area contributed by atoms with E-state index in [9.17, 15) is 19.0 Å². The molecule has 0 heterocycles. The summed E-state index contributed by atoms with van der Waals surface area (Å²) in [7, 11) is 1.46. The first-order valence-corrected chi connectivity index (χ1v) is 24.7. The van der Waals surface area contributed by atoms with Crippen LogP contribution in [-0.4, -0.2) is 74.9 Å². The number of allylic oxidation sites excluding steroid dienone is 6. The molecule has 0 aromatic heterocycles. The number of phosphoric ester groups is 1. The Morgan fingerprint density at radius 2 is 0.947 bits per heavy atom. The fourth-order valence-electron chi connectivity index (χ4n) is 6.26. The molecular formula is C47H89NO8P+. The second-order valence-corrected chi connectivity index (χ2v) is 18.2. The normalized spacial score (nSPS) is 13.9. The molecule has 0 fully saturated rings. The highest BCUT2D eigenvalue weighted by molar-refractivity contribution is 7.47. The molecule has 334 valence electrons. The molecule has 0 saturated carbocycles. The van der Waals surface area contributed by atoms with Crippen molar-refractivity contribution >= 4 is 19.8 Å². The minimum Gasteiger partial charge on any atom is -0.462 e. The number of phosphoric acid groups is 1.